The molecule has 5 aromatic carbocycles. The Morgan fingerprint density at radius 3 is 1.23 bits per heavy atom. The topological polar surface area (TPSA) is 36.9 Å². The third kappa shape index (κ3) is 6.35. The molecule has 202 valence electrons. The molecule has 0 saturated heterocycles. The van der Waals surface area contributed by atoms with Gasteiger partial charge in [-0.25, -0.2) is 0 Å². The number of hydrogen-bond acceptors (Lipinski definition) is 4. The Bertz CT molecular complexity index is 1540. The monoisotopic (exact) mass is 546 g/mol. The highest BCUT2D eigenvalue weighted by molar-refractivity contribution is 5.41. The Hall–Kier alpha value is -4.98. The van der Waals surface area contributed by atoms with Crippen LogP contribution in [0.5, 0.6) is 40.2 Å². The first-order chi connectivity index (χ1) is 19.3. The third-order valence-corrected chi connectivity index (χ3v) is 5.63. The van der Waals surface area contributed by atoms with Gasteiger partial charge in [-0.15, -0.1) is 0 Å². The summed E-state index contributed by atoms with van der Waals surface area (Å²) in [6.45, 7) is 0. The highest BCUT2D eigenvalue weighted by Crippen LogP contribution is 2.45. The first-order valence-electron chi connectivity index (χ1n) is 12.2. The molecule has 0 N–H and O–H groups in total. The number of ether oxygens (including phenoxy) is 4. The van der Waals surface area contributed by atoms with E-state index >= 15 is 0 Å². The van der Waals surface area contributed by atoms with Crippen molar-refractivity contribution in [3.63, 3.8) is 0 Å². The third-order valence-electron chi connectivity index (χ3n) is 5.63. The van der Waals surface area contributed by atoms with E-state index in [0.717, 1.165) is 24.3 Å². The molecule has 0 aliphatic heterocycles. The molecular weight excluding hydrogens is 524 g/mol. The predicted molar refractivity (Wildman–Crippen MR) is 142 cm³/mol. The van der Waals surface area contributed by atoms with Crippen molar-refractivity contribution in [3.8, 4) is 40.2 Å². The van der Waals surface area contributed by atoms with Crippen molar-refractivity contribution in [2.24, 2.45) is 0 Å². The average molecular weight is 547 g/mol. The zero-order valence-corrected chi connectivity index (χ0v) is 20.8. The molecule has 40 heavy (non-hydrogen) atoms. The zero-order chi connectivity index (χ0) is 28.0. The van der Waals surface area contributed by atoms with Gasteiger partial charge in [0.1, 0.15) is 40.2 Å². The molecule has 0 fully saturated rings. The normalized spacial score (nSPS) is 11.5. The van der Waals surface area contributed by atoms with E-state index < -0.39 is 23.3 Å². The van der Waals surface area contributed by atoms with Gasteiger partial charge in [0.25, 0.3) is 0 Å². The van der Waals surface area contributed by atoms with Crippen LogP contribution in [-0.2, 0) is 5.92 Å². The number of para-hydroxylation sites is 2. The molecule has 4 nitrogen and oxygen atoms in total. The summed E-state index contributed by atoms with van der Waals surface area (Å²) in [7, 11) is 0. The van der Waals surface area contributed by atoms with E-state index in [9.17, 15) is 17.6 Å². The van der Waals surface area contributed by atoms with Crippen molar-refractivity contribution in [1.82, 2.24) is 0 Å². The fraction of sp³-hybridized carbons (Fsp3) is 0.0625. The average Bonchev–Trinajstić information content (AvgIpc) is 2.95. The molecule has 0 aromatic heterocycles. The van der Waals surface area contributed by atoms with Crippen LogP contribution in [0.15, 0.2) is 133 Å². The van der Waals surface area contributed by atoms with Crippen molar-refractivity contribution in [3.05, 3.63) is 139 Å². The predicted octanol–water partition coefficient (Wildman–Crippen LogP) is 9.83. The molecule has 0 bridgehead atoms. The summed E-state index contributed by atoms with van der Waals surface area (Å²) in [5.74, 6) is -2.84. The summed E-state index contributed by atoms with van der Waals surface area (Å²) in [5.41, 5.74) is -0.942. The van der Waals surface area contributed by atoms with E-state index in [-0.39, 0.29) is 11.5 Å². The summed E-state index contributed by atoms with van der Waals surface area (Å²) >= 11 is 0. The number of hydrogen-bond donors (Lipinski definition) is 0. The minimum Gasteiger partial charge on any atom is -0.457 e. The Labute approximate surface area is 228 Å². The van der Waals surface area contributed by atoms with Crippen molar-refractivity contribution < 1.29 is 36.5 Å². The minimum atomic E-state index is -4.86. The molecule has 0 saturated carbocycles. The van der Waals surface area contributed by atoms with E-state index in [4.69, 9.17) is 14.2 Å². The van der Waals surface area contributed by atoms with Crippen LogP contribution in [-0.4, -0.2) is 6.11 Å². The van der Waals surface area contributed by atoms with Gasteiger partial charge in [0.05, 0.1) is 0 Å². The van der Waals surface area contributed by atoms with Crippen LogP contribution in [0.3, 0.4) is 0 Å². The van der Waals surface area contributed by atoms with E-state index in [1.807, 2.05) is 18.2 Å². The summed E-state index contributed by atoms with van der Waals surface area (Å²) in [4.78, 5) is 0. The molecule has 0 atom stereocenters. The summed E-state index contributed by atoms with van der Waals surface area (Å²) < 4.78 is 80.8. The van der Waals surface area contributed by atoms with Crippen LogP contribution in [0.25, 0.3) is 0 Å². The second-order valence-corrected chi connectivity index (χ2v) is 8.60. The summed E-state index contributed by atoms with van der Waals surface area (Å²) in [6, 6.07) is 33.6. The van der Waals surface area contributed by atoms with Gasteiger partial charge < -0.3 is 18.9 Å². The summed E-state index contributed by atoms with van der Waals surface area (Å²) in [6.07, 6.45) is -4.86. The van der Waals surface area contributed by atoms with E-state index in [1.165, 1.54) is 24.3 Å². The maximum Gasteiger partial charge on any atom is 0.469 e. The quantitative estimate of drug-likeness (QED) is 0.163. The molecule has 0 amide bonds. The van der Waals surface area contributed by atoms with Gasteiger partial charge in [-0.2, -0.15) is 17.6 Å². The Morgan fingerprint density at radius 1 is 0.375 bits per heavy atom. The van der Waals surface area contributed by atoms with E-state index in [0.29, 0.717) is 23.0 Å². The van der Waals surface area contributed by atoms with Crippen molar-refractivity contribution in [1.29, 1.82) is 0 Å². The van der Waals surface area contributed by atoms with Gasteiger partial charge >= 0.3 is 12.0 Å². The zero-order valence-electron chi connectivity index (χ0n) is 20.8. The largest absolute Gasteiger partial charge is 0.469 e. The second kappa shape index (κ2) is 11.4. The maximum atomic E-state index is 14.9. The van der Waals surface area contributed by atoms with Gasteiger partial charge in [-0.05, 0) is 72.8 Å². The maximum absolute atomic E-state index is 14.9. The van der Waals surface area contributed by atoms with Crippen LogP contribution in [0.2, 0.25) is 0 Å². The van der Waals surface area contributed by atoms with Crippen LogP contribution < -0.4 is 18.9 Å². The van der Waals surface area contributed by atoms with Gasteiger partial charge in [0, 0.05) is 17.7 Å². The standard InChI is InChI=1S/C32H22F4O4/c33-31(34,32(35,36)40-30-16-8-15-29(22-30)38-25-11-5-2-6-12-25)23-17-19-26(20-18-23)39-28-14-7-13-27(21-28)37-24-9-3-1-4-10-24/h1-22H. The van der Waals surface area contributed by atoms with Crippen LogP contribution in [0, 0.1) is 0 Å². The number of halogens is 4. The molecule has 0 radical (unpaired) electrons. The Balaban J connectivity index is 1.26. The molecule has 0 spiro atoms. The van der Waals surface area contributed by atoms with Crippen molar-refractivity contribution >= 4 is 0 Å². The fourth-order valence-electron chi connectivity index (χ4n) is 3.70. The molecular formula is C32H22F4O4. The first-order valence-corrected chi connectivity index (χ1v) is 12.2. The van der Waals surface area contributed by atoms with Crippen LogP contribution in [0.1, 0.15) is 5.56 Å². The smallest absolute Gasteiger partial charge is 0.457 e. The SMILES string of the molecule is FC(F)(Oc1cccc(Oc2ccccc2)c1)C(F)(F)c1ccc(Oc2cccc(Oc3ccccc3)c2)cc1. The van der Waals surface area contributed by atoms with E-state index in [2.05, 4.69) is 4.74 Å². The first kappa shape index (κ1) is 26.6. The lowest BCUT2D eigenvalue weighted by Gasteiger charge is -2.27. The molecule has 5 rings (SSSR count). The molecule has 0 heterocycles. The molecule has 0 aliphatic carbocycles. The highest BCUT2D eigenvalue weighted by atomic mass is 19.3. The van der Waals surface area contributed by atoms with Crippen molar-refractivity contribution in [2.75, 3.05) is 0 Å². The lowest BCUT2D eigenvalue weighted by molar-refractivity contribution is -0.316. The molecule has 0 aliphatic rings. The molecule has 8 heteroatoms. The number of rotatable bonds is 10. The lowest BCUT2D eigenvalue weighted by atomic mass is 10.1. The lowest BCUT2D eigenvalue weighted by Crippen LogP contribution is -2.43. The van der Waals surface area contributed by atoms with Gasteiger partial charge in [0.2, 0.25) is 0 Å². The molecule has 5 aromatic rings. The minimum absolute atomic E-state index is 0.155. The van der Waals surface area contributed by atoms with E-state index in [1.54, 1.807) is 66.7 Å². The fourth-order valence-corrected chi connectivity index (χ4v) is 3.70. The van der Waals surface area contributed by atoms with Crippen LogP contribution >= 0.6 is 0 Å². The Morgan fingerprint density at radius 2 is 0.750 bits per heavy atom. The van der Waals surface area contributed by atoms with Gasteiger partial charge in [-0.1, -0.05) is 48.5 Å². The second-order valence-electron chi connectivity index (χ2n) is 8.60. The Kier molecular flexibility index (Phi) is 7.59. The number of alkyl halides is 4. The van der Waals surface area contributed by atoms with Gasteiger partial charge in [0.15, 0.2) is 0 Å². The van der Waals surface area contributed by atoms with Crippen LogP contribution in [0.4, 0.5) is 17.6 Å². The number of benzene rings is 5. The van der Waals surface area contributed by atoms with Crippen molar-refractivity contribution in [2.45, 2.75) is 12.0 Å². The summed E-state index contributed by atoms with van der Waals surface area (Å²) in [5, 5.41) is 0. The van der Waals surface area contributed by atoms with Gasteiger partial charge in [-0.3, -0.25) is 0 Å². The highest BCUT2D eigenvalue weighted by Gasteiger charge is 2.60. The molecule has 0 unspecified atom stereocenters.